The van der Waals surface area contributed by atoms with Gasteiger partial charge in [-0.05, 0) is 37.4 Å². The average Bonchev–Trinajstić information content (AvgIpc) is 2.95. The van der Waals surface area contributed by atoms with Crippen molar-refractivity contribution in [2.75, 3.05) is 13.1 Å². The average molecular weight is 339 g/mol. The van der Waals surface area contributed by atoms with Gasteiger partial charge in [0.15, 0.2) is 0 Å². The molecule has 0 saturated carbocycles. The molecular weight excluding hydrogens is 316 g/mol. The molecule has 22 heavy (non-hydrogen) atoms. The number of amides is 1. The Morgan fingerprint density at radius 2 is 1.91 bits per heavy atom. The van der Waals surface area contributed by atoms with E-state index in [-0.39, 0.29) is 24.4 Å². The molecule has 0 bridgehead atoms. The minimum absolute atomic E-state index is 0. The molecule has 1 heterocycles. The van der Waals surface area contributed by atoms with E-state index in [4.69, 9.17) is 0 Å². The molecule has 1 amide bonds. The number of halogens is 1. The van der Waals surface area contributed by atoms with Gasteiger partial charge < -0.3 is 10.6 Å². The van der Waals surface area contributed by atoms with Crippen molar-refractivity contribution in [2.24, 2.45) is 0 Å². The van der Waals surface area contributed by atoms with E-state index >= 15 is 0 Å². The van der Waals surface area contributed by atoms with E-state index in [0.29, 0.717) is 6.54 Å². The van der Waals surface area contributed by atoms with Gasteiger partial charge in [0.1, 0.15) is 0 Å². The van der Waals surface area contributed by atoms with Crippen LogP contribution in [0.25, 0.3) is 11.1 Å². The van der Waals surface area contributed by atoms with Crippen LogP contribution in [0.15, 0.2) is 35.7 Å². The second-order valence-corrected chi connectivity index (χ2v) is 6.11. The Morgan fingerprint density at radius 1 is 1.23 bits per heavy atom. The number of benzene rings is 1. The number of likely N-dealkylation sites (N-methyl/N-ethyl adjacent to an activating group) is 1. The van der Waals surface area contributed by atoms with Crippen LogP contribution in [0.4, 0.5) is 0 Å². The van der Waals surface area contributed by atoms with Crippen LogP contribution >= 0.6 is 23.7 Å². The van der Waals surface area contributed by atoms with Crippen LogP contribution in [0.2, 0.25) is 0 Å². The standard InChI is InChI=1S/C17H22N2OS.ClH/c1-4-18-13(3)11-19-17(20)16-15(9-10-21-16)14-7-5-12(2)6-8-14;/h5-10,13,18H,4,11H2,1-3H3,(H,19,20);1H/t13-;/m1./s1. The van der Waals surface area contributed by atoms with Gasteiger partial charge in [-0.15, -0.1) is 23.7 Å². The van der Waals surface area contributed by atoms with Gasteiger partial charge in [-0.3, -0.25) is 4.79 Å². The molecule has 120 valence electrons. The van der Waals surface area contributed by atoms with Crippen molar-refractivity contribution < 1.29 is 4.79 Å². The minimum atomic E-state index is 0. The summed E-state index contributed by atoms with van der Waals surface area (Å²) in [6.07, 6.45) is 0. The Hall–Kier alpha value is -1.36. The first kappa shape index (κ1) is 18.7. The summed E-state index contributed by atoms with van der Waals surface area (Å²) < 4.78 is 0. The monoisotopic (exact) mass is 338 g/mol. The molecule has 0 radical (unpaired) electrons. The van der Waals surface area contributed by atoms with Crippen molar-refractivity contribution in [2.45, 2.75) is 26.8 Å². The molecule has 2 N–H and O–H groups in total. The summed E-state index contributed by atoms with van der Waals surface area (Å²) in [4.78, 5) is 13.1. The predicted molar refractivity (Wildman–Crippen MR) is 97.2 cm³/mol. The largest absolute Gasteiger partial charge is 0.350 e. The Balaban J connectivity index is 0.00000242. The summed E-state index contributed by atoms with van der Waals surface area (Å²) >= 11 is 1.49. The zero-order chi connectivity index (χ0) is 15.2. The first-order chi connectivity index (χ1) is 10.1. The molecule has 2 rings (SSSR count). The molecule has 0 aliphatic rings. The molecule has 0 fully saturated rings. The molecular formula is C17H23ClN2OS. The second-order valence-electron chi connectivity index (χ2n) is 5.20. The third-order valence-corrected chi connectivity index (χ3v) is 4.27. The number of hydrogen-bond acceptors (Lipinski definition) is 3. The van der Waals surface area contributed by atoms with Gasteiger partial charge in [0.25, 0.3) is 5.91 Å². The summed E-state index contributed by atoms with van der Waals surface area (Å²) in [5.74, 6) is 0.00493. The molecule has 1 aromatic heterocycles. The maximum absolute atomic E-state index is 12.3. The quantitative estimate of drug-likeness (QED) is 0.839. The van der Waals surface area contributed by atoms with Crippen molar-refractivity contribution >= 4 is 29.7 Å². The zero-order valence-electron chi connectivity index (χ0n) is 13.2. The lowest BCUT2D eigenvalue weighted by molar-refractivity contribution is 0.0955. The highest BCUT2D eigenvalue weighted by molar-refractivity contribution is 7.12. The molecule has 0 spiro atoms. The van der Waals surface area contributed by atoms with Crippen molar-refractivity contribution in [3.8, 4) is 11.1 Å². The lowest BCUT2D eigenvalue weighted by atomic mass is 10.0. The molecule has 0 unspecified atom stereocenters. The summed E-state index contributed by atoms with van der Waals surface area (Å²) in [5, 5.41) is 8.26. The first-order valence-corrected chi connectivity index (χ1v) is 8.16. The van der Waals surface area contributed by atoms with Crippen LogP contribution in [0.3, 0.4) is 0 Å². The Morgan fingerprint density at radius 3 is 2.55 bits per heavy atom. The van der Waals surface area contributed by atoms with E-state index in [0.717, 1.165) is 22.5 Å². The van der Waals surface area contributed by atoms with E-state index in [1.54, 1.807) is 0 Å². The number of hydrogen-bond donors (Lipinski definition) is 2. The maximum Gasteiger partial charge on any atom is 0.262 e. The van der Waals surface area contributed by atoms with Crippen LogP contribution < -0.4 is 10.6 Å². The molecule has 1 aromatic carbocycles. The van der Waals surface area contributed by atoms with Gasteiger partial charge >= 0.3 is 0 Å². The van der Waals surface area contributed by atoms with Gasteiger partial charge in [-0.1, -0.05) is 36.8 Å². The molecule has 0 aliphatic heterocycles. The van der Waals surface area contributed by atoms with Gasteiger partial charge in [-0.25, -0.2) is 0 Å². The summed E-state index contributed by atoms with van der Waals surface area (Å²) in [6, 6.07) is 10.6. The topological polar surface area (TPSA) is 41.1 Å². The predicted octanol–water partition coefficient (Wildman–Crippen LogP) is 3.87. The van der Waals surface area contributed by atoms with E-state index in [1.807, 2.05) is 11.4 Å². The van der Waals surface area contributed by atoms with Gasteiger partial charge in [0.2, 0.25) is 0 Å². The third-order valence-electron chi connectivity index (χ3n) is 3.36. The lowest BCUT2D eigenvalue weighted by Crippen LogP contribution is -2.38. The van der Waals surface area contributed by atoms with Crippen molar-refractivity contribution in [3.63, 3.8) is 0 Å². The highest BCUT2D eigenvalue weighted by Crippen LogP contribution is 2.28. The molecule has 1 atom stereocenters. The fraction of sp³-hybridized carbons (Fsp3) is 0.353. The molecule has 2 aromatic rings. The van der Waals surface area contributed by atoms with Crippen molar-refractivity contribution in [3.05, 3.63) is 46.2 Å². The van der Waals surface area contributed by atoms with E-state index in [2.05, 4.69) is 55.7 Å². The van der Waals surface area contributed by atoms with Crippen LogP contribution in [0.5, 0.6) is 0 Å². The number of carbonyl (C=O) groups excluding carboxylic acids is 1. The Bertz CT molecular complexity index is 595. The number of thiophene rings is 1. The van der Waals surface area contributed by atoms with E-state index in [1.165, 1.54) is 16.9 Å². The van der Waals surface area contributed by atoms with Crippen LogP contribution in [-0.2, 0) is 0 Å². The van der Waals surface area contributed by atoms with Crippen LogP contribution in [-0.4, -0.2) is 25.0 Å². The second kappa shape index (κ2) is 8.93. The van der Waals surface area contributed by atoms with Crippen LogP contribution in [0, 0.1) is 6.92 Å². The minimum Gasteiger partial charge on any atom is -0.350 e. The lowest BCUT2D eigenvalue weighted by Gasteiger charge is -2.13. The number of rotatable bonds is 6. The molecule has 0 aliphatic carbocycles. The van der Waals surface area contributed by atoms with Gasteiger partial charge in [0.05, 0.1) is 4.88 Å². The van der Waals surface area contributed by atoms with Crippen molar-refractivity contribution in [1.82, 2.24) is 10.6 Å². The third kappa shape index (κ3) is 4.83. The smallest absolute Gasteiger partial charge is 0.262 e. The number of nitrogens with one attached hydrogen (secondary N) is 2. The Labute approximate surface area is 142 Å². The summed E-state index contributed by atoms with van der Waals surface area (Å²) in [5.41, 5.74) is 3.32. The Kier molecular flexibility index (Phi) is 7.59. The van der Waals surface area contributed by atoms with Gasteiger partial charge in [-0.2, -0.15) is 0 Å². The fourth-order valence-corrected chi connectivity index (χ4v) is 3.02. The first-order valence-electron chi connectivity index (χ1n) is 7.28. The maximum atomic E-state index is 12.3. The number of carbonyl (C=O) groups is 1. The van der Waals surface area contributed by atoms with Gasteiger partial charge in [0, 0.05) is 18.2 Å². The highest BCUT2D eigenvalue weighted by Gasteiger charge is 2.14. The molecule has 0 saturated heterocycles. The highest BCUT2D eigenvalue weighted by atomic mass is 35.5. The normalized spacial score (nSPS) is 11.6. The van der Waals surface area contributed by atoms with Crippen molar-refractivity contribution in [1.29, 1.82) is 0 Å². The van der Waals surface area contributed by atoms with E-state index < -0.39 is 0 Å². The van der Waals surface area contributed by atoms with E-state index in [9.17, 15) is 4.79 Å². The summed E-state index contributed by atoms with van der Waals surface area (Å²) in [7, 11) is 0. The number of aryl methyl sites for hydroxylation is 1. The zero-order valence-corrected chi connectivity index (χ0v) is 14.8. The van der Waals surface area contributed by atoms with Crippen LogP contribution in [0.1, 0.15) is 29.1 Å². The molecule has 5 heteroatoms. The fourth-order valence-electron chi connectivity index (χ4n) is 2.19. The molecule has 3 nitrogen and oxygen atoms in total. The SMILES string of the molecule is CCN[C@H](C)CNC(=O)c1sccc1-c1ccc(C)cc1.Cl. The summed E-state index contributed by atoms with van der Waals surface area (Å²) in [6.45, 7) is 7.74.